The highest BCUT2D eigenvalue weighted by Crippen LogP contribution is 2.13. The molecule has 8 N–H and O–H groups in total. The Balaban J connectivity index is 2.94. The van der Waals surface area contributed by atoms with Crippen LogP contribution >= 0.6 is 0 Å². The van der Waals surface area contributed by atoms with Crippen molar-refractivity contribution in [2.24, 2.45) is 11.7 Å². The number of anilines is 1. The van der Waals surface area contributed by atoms with Crippen LogP contribution in [0, 0.1) is 0 Å². The monoisotopic (exact) mass is 195 g/mol. The van der Waals surface area contributed by atoms with E-state index in [-0.39, 0.29) is 5.91 Å². The average molecular weight is 195 g/mol. The fourth-order valence-corrected chi connectivity index (χ4v) is 1.09. The van der Waals surface area contributed by atoms with Crippen molar-refractivity contribution in [1.82, 2.24) is 10.9 Å². The zero-order valence-electron chi connectivity index (χ0n) is 7.58. The van der Waals surface area contributed by atoms with E-state index < -0.39 is 0 Å². The number of benzene rings is 1. The number of nitrogen functional groups attached to an aromatic ring is 2. The number of rotatable bonds is 3. The maximum Gasteiger partial charge on any atom is 0.265 e. The number of carbonyl (C=O) groups excluding carboxylic acids is 1. The Labute approximate surface area is 81.4 Å². The van der Waals surface area contributed by atoms with Gasteiger partial charge in [0.15, 0.2) is 0 Å². The highest BCUT2D eigenvalue weighted by atomic mass is 16.2. The van der Waals surface area contributed by atoms with Crippen LogP contribution in [-0.2, 0) is 6.54 Å². The Kier molecular flexibility index (Phi) is 3.41. The number of hydrazine groups is 2. The summed E-state index contributed by atoms with van der Waals surface area (Å²) in [4.78, 5) is 11.1. The summed E-state index contributed by atoms with van der Waals surface area (Å²) in [6.45, 7) is 0.455. The molecule has 6 nitrogen and oxygen atoms in total. The zero-order chi connectivity index (χ0) is 10.6. The molecule has 0 aliphatic carbocycles. The normalized spacial score (nSPS) is 9.86. The topological polar surface area (TPSA) is 119 Å². The van der Waals surface area contributed by atoms with Gasteiger partial charge in [0.1, 0.15) is 0 Å². The van der Waals surface area contributed by atoms with Gasteiger partial charge in [0, 0.05) is 17.8 Å². The maximum absolute atomic E-state index is 11.1. The molecular formula is C8H13N5O. The summed E-state index contributed by atoms with van der Waals surface area (Å²) in [6.07, 6.45) is 0. The van der Waals surface area contributed by atoms with Crippen LogP contribution in [0.1, 0.15) is 15.9 Å². The van der Waals surface area contributed by atoms with E-state index in [1.807, 2.05) is 5.43 Å². The van der Waals surface area contributed by atoms with E-state index >= 15 is 0 Å². The van der Waals surface area contributed by atoms with Gasteiger partial charge < -0.3 is 5.73 Å². The van der Waals surface area contributed by atoms with E-state index in [9.17, 15) is 4.79 Å². The summed E-state index contributed by atoms with van der Waals surface area (Å²) in [6, 6.07) is 4.90. The molecule has 0 radical (unpaired) electrons. The van der Waals surface area contributed by atoms with Crippen LogP contribution in [0.15, 0.2) is 18.2 Å². The highest BCUT2D eigenvalue weighted by molar-refractivity contribution is 5.94. The van der Waals surface area contributed by atoms with E-state index in [1.54, 1.807) is 18.2 Å². The molecule has 0 fully saturated rings. The van der Waals surface area contributed by atoms with Crippen LogP contribution in [0.2, 0.25) is 0 Å². The Morgan fingerprint density at radius 2 is 2.07 bits per heavy atom. The van der Waals surface area contributed by atoms with Crippen molar-refractivity contribution in [1.29, 1.82) is 0 Å². The van der Waals surface area contributed by atoms with Crippen molar-refractivity contribution in [2.75, 3.05) is 5.73 Å². The molecule has 1 rings (SSSR count). The summed E-state index contributed by atoms with van der Waals surface area (Å²) in [5, 5.41) is 0. The van der Waals surface area contributed by atoms with E-state index in [4.69, 9.17) is 17.4 Å². The molecule has 0 saturated heterocycles. The van der Waals surface area contributed by atoms with E-state index in [0.717, 1.165) is 5.56 Å². The zero-order valence-corrected chi connectivity index (χ0v) is 7.58. The van der Waals surface area contributed by atoms with Gasteiger partial charge in [-0.3, -0.25) is 21.5 Å². The van der Waals surface area contributed by atoms with Gasteiger partial charge in [0.25, 0.3) is 5.91 Å². The third-order valence-electron chi connectivity index (χ3n) is 1.83. The average Bonchev–Trinajstić information content (AvgIpc) is 2.20. The molecule has 0 atom stereocenters. The quantitative estimate of drug-likeness (QED) is 0.180. The minimum Gasteiger partial charge on any atom is -0.398 e. The van der Waals surface area contributed by atoms with Crippen molar-refractivity contribution in [3.05, 3.63) is 29.3 Å². The van der Waals surface area contributed by atoms with Crippen molar-refractivity contribution in [2.45, 2.75) is 6.54 Å². The van der Waals surface area contributed by atoms with Crippen molar-refractivity contribution in [3.63, 3.8) is 0 Å². The molecule has 0 spiro atoms. The van der Waals surface area contributed by atoms with Crippen LogP contribution in [0.5, 0.6) is 0 Å². The van der Waals surface area contributed by atoms with Gasteiger partial charge in [-0.25, -0.2) is 5.84 Å². The molecule has 1 aromatic rings. The SMILES string of the molecule is NNCc1ccc(C(=O)NN)cc1N. The molecule has 1 amide bonds. The first kappa shape index (κ1) is 10.5. The number of hydrogen-bond donors (Lipinski definition) is 5. The molecule has 0 unspecified atom stereocenters. The van der Waals surface area contributed by atoms with Crippen LogP contribution in [-0.4, -0.2) is 5.91 Å². The lowest BCUT2D eigenvalue weighted by atomic mass is 10.1. The van der Waals surface area contributed by atoms with Gasteiger partial charge in [0.05, 0.1) is 0 Å². The molecule has 0 aliphatic rings. The Morgan fingerprint density at radius 3 is 2.57 bits per heavy atom. The fraction of sp³-hybridized carbons (Fsp3) is 0.125. The van der Waals surface area contributed by atoms with Gasteiger partial charge in [0.2, 0.25) is 0 Å². The van der Waals surface area contributed by atoms with E-state index in [1.165, 1.54) is 0 Å². The molecule has 0 saturated carbocycles. The second kappa shape index (κ2) is 4.56. The largest absolute Gasteiger partial charge is 0.398 e. The maximum atomic E-state index is 11.1. The Bertz CT molecular complexity index is 339. The minimum absolute atomic E-state index is 0.371. The fourth-order valence-electron chi connectivity index (χ4n) is 1.09. The van der Waals surface area contributed by atoms with Crippen molar-refractivity contribution in [3.8, 4) is 0 Å². The molecule has 6 heteroatoms. The van der Waals surface area contributed by atoms with Crippen LogP contribution in [0.4, 0.5) is 5.69 Å². The predicted octanol–water partition coefficient (Wildman–Crippen LogP) is -1.16. The van der Waals surface area contributed by atoms with Crippen LogP contribution in [0.3, 0.4) is 0 Å². The molecule has 76 valence electrons. The second-order valence-corrected chi connectivity index (χ2v) is 2.77. The molecule has 1 aromatic carbocycles. The van der Waals surface area contributed by atoms with Crippen LogP contribution < -0.4 is 28.3 Å². The van der Waals surface area contributed by atoms with Gasteiger partial charge in [-0.2, -0.15) is 0 Å². The van der Waals surface area contributed by atoms with Gasteiger partial charge in [-0.15, -0.1) is 0 Å². The highest BCUT2D eigenvalue weighted by Gasteiger charge is 2.05. The summed E-state index contributed by atoms with van der Waals surface area (Å²) in [7, 11) is 0. The summed E-state index contributed by atoms with van der Waals surface area (Å²) < 4.78 is 0. The summed E-state index contributed by atoms with van der Waals surface area (Å²) >= 11 is 0. The van der Waals surface area contributed by atoms with Crippen molar-refractivity contribution >= 4 is 11.6 Å². The first-order chi connectivity index (χ1) is 6.69. The van der Waals surface area contributed by atoms with Crippen LogP contribution in [0.25, 0.3) is 0 Å². The molecule has 0 aromatic heterocycles. The van der Waals surface area contributed by atoms with E-state index in [2.05, 4.69) is 5.43 Å². The standard InChI is InChI=1S/C8H13N5O/c9-7-3-5(8(14)13-11)1-2-6(7)4-12-10/h1-3,12H,4,9-11H2,(H,13,14). The Morgan fingerprint density at radius 1 is 1.36 bits per heavy atom. The molecule has 14 heavy (non-hydrogen) atoms. The third kappa shape index (κ3) is 2.19. The molecule has 0 aliphatic heterocycles. The lowest BCUT2D eigenvalue weighted by Gasteiger charge is -2.06. The first-order valence-electron chi connectivity index (χ1n) is 4.02. The second-order valence-electron chi connectivity index (χ2n) is 2.77. The van der Waals surface area contributed by atoms with Gasteiger partial charge in [-0.05, 0) is 17.7 Å². The number of nitrogens with one attached hydrogen (secondary N) is 2. The number of nitrogens with two attached hydrogens (primary N) is 3. The van der Waals surface area contributed by atoms with Gasteiger partial charge in [-0.1, -0.05) is 6.07 Å². The predicted molar refractivity (Wildman–Crippen MR) is 53.5 cm³/mol. The van der Waals surface area contributed by atoms with E-state index in [0.29, 0.717) is 17.8 Å². The molecule has 0 bridgehead atoms. The number of amides is 1. The minimum atomic E-state index is -0.371. The van der Waals surface area contributed by atoms with Crippen molar-refractivity contribution < 1.29 is 4.79 Å². The number of hydrogen-bond acceptors (Lipinski definition) is 5. The first-order valence-corrected chi connectivity index (χ1v) is 4.02. The summed E-state index contributed by atoms with van der Waals surface area (Å²) in [5.74, 6) is 9.76. The molecule has 0 heterocycles. The summed E-state index contributed by atoms with van der Waals surface area (Å²) in [5.41, 5.74) is 12.0. The Hall–Kier alpha value is -1.63. The smallest absolute Gasteiger partial charge is 0.265 e. The lowest BCUT2D eigenvalue weighted by molar-refractivity contribution is 0.0953. The third-order valence-corrected chi connectivity index (χ3v) is 1.83. The van der Waals surface area contributed by atoms with Gasteiger partial charge >= 0.3 is 0 Å². The number of carbonyl (C=O) groups is 1. The lowest BCUT2D eigenvalue weighted by Crippen LogP contribution is -2.30. The molecular weight excluding hydrogens is 182 g/mol.